The molecule has 2 aromatic carbocycles. The molecule has 1 amide bonds. The Labute approximate surface area is 190 Å². The third kappa shape index (κ3) is 4.45. The number of fused-ring (bicyclic) bond motifs is 1. The third-order valence-corrected chi connectivity index (χ3v) is 5.95. The smallest absolute Gasteiger partial charge is 0.262 e. The summed E-state index contributed by atoms with van der Waals surface area (Å²) in [7, 11) is 0. The van der Waals surface area contributed by atoms with Gasteiger partial charge in [0.15, 0.2) is 5.16 Å². The van der Waals surface area contributed by atoms with Gasteiger partial charge in [-0.25, -0.2) is 9.67 Å². The Balaban J connectivity index is 1.56. The van der Waals surface area contributed by atoms with Crippen LogP contribution in [0.2, 0.25) is 0 Å². The van der Waals surface area contributed by atoms with Crippen LogP contribution in [0, 0.1) is 13.8 Å². The van der Waals surface area contributed by atoms with Gasteiger partial charge < -0.3 is 5.32 Å². The first kappa shape index (κ1) is 21.8. The maximum Gasteiger partial charge on any atom is 0.262 e. The quantitative estimate of drug-likeness (QED) is 0.347. The van der Waals surface area contributed by atoms with Crippen LogP contribution in [0.1, 0.15) is 31.1 Å². The topological polar surface area (TPSA) is 81.8 Å². The van der Waals surface area contributed by atoms with Crippen LogP contribution >= 0.6 is 11.8 Å². The Hall–Kier alpha value is -3.39. The number of carbonyl (C=O) groups is 1. The van der Waals surface area contributed by atoms with Crippen LogP contribution in [0.4, 0.5) is 5.82 Å². The first-order valence-electron chi connectivity index (χ1n) is 10.4. The highest BCUT2D eigenvalue weighted by Gasteiger charge is 2.16. The maximum atomic E-state index is 13.0. The van der Waals surface area contributed by atoms with Crippen LogP contribution in [0.3, 0.4) is 0 Å². The Kier molecular flexibility index (Phi) is 6.14. The molecule has 0 atom stereocenters. The van der Waals surface area contributed by atoms with Gasteiger partial charge in [0.2, 0.25) is 5.91 Å². The van der Waals surface area contributed by atoms with Gasteiger partial charge in [-0.2, -0.15) is 5.10 Å². The SMILES string of the molecule is Cc1ccc(-n2nc(C)cc2NC(=O)CSc2nc3ccccc3c(=O)n2C(C)C)cc1. The number of amides is 1. The minimum atomic E-state index is -0.194. The van der Waals surface area contributed by atoms with Gasteiger partial charge in [0.1, 0.15) is 5.82 Å². The molecule has 0 bridgehead atoms. The number of hydrogen-bond acceptors (Lipinski definition) is 5. The second-order valence-electron chi connectivity index (χ2n) is 7.94. The predicted octanol–water partition coefficient (Wildman–Crippen LogP) is 4.51. The number of aromatic nitrogens is 4. The summed E-state index contributed by atoms with van der Waals surface area (Å²) in [4.78, 5) is 30.4. The van der Waals surface area contributed by atoms with E-state index in [4.69, 9.17) is 0 Å². The number of nitrogens with zero attached hydrogens (tertiary/aromatic N) is 4. The van der Waals surface area contributed by atoms with Gasteiger partial charge in [-0.05, 0) is 52.0 Å². The highest BCUT2D eigenvalue weighted by molar-refractivity contribution is 7.99. The lowest BCUT2D eigenvalue weighted by molar-refractivity contribution is -0.113. The molecule has 4 rings (SSSR count). The van der Waals surface area contributed by atoms with Crippen LogP contribution in [0.15, 0.2) is 64.5 Å². The number of aryl methyl sites for hydroxylation is 2. The van der Waals surface area contributed by atoms with Crippen molar-refractivity contribution in [1.29, 1.82) is 0 Å². The minimum Gasteiger partial charge on any atom is -0.310 e. The molecule has 4 aromatic rings. The molecule has 2 aromatic heterocycles. The summed E-state index contributed by atoms with van der Waals surface area (Å²) < 4.78 is 3.36. The maximum absolute atomic E-state index is 13.0. The standard InChI is InChI=1S/C24H25N5O2S/c1-15(2)28-23(31)19-7-5-6-8-20(19)25-24(28)32-14-22(30)26-21-13-17(4)27-29(21)18-11-9-16(3)10-12-18/h5-13,15H,14H2,1-4H3,(H,26,30). The van der Waals surface area contributed by atoms with Crippen molar-refractivity contribution in [2.24, 2.45) is 0 Å². The van der Waals surface area contributed by atoms with Crippen molar-refractivity contribution in [2.75, 3.05) is 11.1 Å². The monoisotopic (exact) mass is 447 g/mol. The number of hydrogen-bond donors (Lipinski definition) is 1. The molecule has 0 fully saturated rings. The van der Waals surface area contributed by atoms with Crippen molar-refractivity contribution in [3.8, 4) is 5.69 Å². The summed E-state index contributed by atoms with van der Waals surface area (Å²) in [5, 5.41) is 8.55. The lowest BCUT2D eigenvalue weighted by Crippen LogP contribution is -2.26. The summed E-state index contributed by atoms with van der Waals surface area (Å²) in [6.45, 7) is 7.78. The molecular weight excluding hydrogens is 422 g/mol. The summed E-state index contributed by atoms with van der Waals surface area (Å²) in [5.74, 6) is 0.529. The summed E-state index contributed by atoms with van der Waals surface area (Å²) in [6.07, 6.45) is 0. The van der Waals surface area contributed by atoms with E-state index in [0.29, 0.717) is 21.9 Å². The molecule has 1 N–H and O–H groups in total. The molecule has 0 spiro atoms. The summed E-state index contributed by atoms with van der Waals surface area (Å²) in [5.41, 5.74) is 3.36. The molecule has 0 aliphatic heterocycles. The number of rotatable bonds is 6. The number of anilines is 1. The van der Waals surface area contributed by atoms with Gasteiger partial charge in [0.25, 0.3) is 5.56 Å². The first-order valence-corrected chi connectivity index (χ1v) is 11.4. The van der Waals surface area contributed by atoms with Crippen LogP contribution in [0.25, 0.3) is 16.6 Å². The highest BCUT2D eigenvalue weighted by atomic mass is 32.2. The van der Waals surface area contributed by atoms with Gasteiger partial charge in [-0.1, -0.05) is 41.6 Å². The van der Waals surface area contributed by atoms with E-state index in [9.17, 15) is 9.59 Å². The molecule has 0 aliphatic carbocycles. The van der Waals surface area contributed by atoms with E-state index < -0.39 is 0 Å². The second-order valence-corrected chi connectivity index (χ2v) is 8.88. The minimum absolute atomic E-state index is 0.0733. The zero-order valence-electron chi connectivity index (χ0n) is 18.5. The van der Waals surface area contributed by atoms with Crippen molar-refractivity contribution >= 4 is 34.4 Å². The van der Waals surface area contributed by atoms with E-state index >= 15 is 0 Å². The molecular formula is C24H25N5O2S. The Morgan fingerprint density at radius 2 is 1.81 bits per heavy atom. The number of thioether (sulfide) groups is 1. The van der Waals surface area contributed by atoms with Crippen molar-refractivity contribution in [3.63, 3.8) is 0 Å². The highest BCUT2D eigenvalue weighted by Crippen LogP contribution is 2.22. The molecule has 8 heteroatoms. The molecule has 2 heterocycles. The Morgan fingerprint density at radius 1 is 1.09 bits per heavy atom. The van der Waals surface area contributed by atoms with Crippen molar-refractivity contribution in [3.05, 3.63) is 76.2 Å². The first-order chi connectivity index (χ1) is 15.3. The van der Waals surface area contributed by atoms with Crippen LogP contribution in [-0.4, -0.2) is 31.0 Å². The number of nitrogens with one attached hydrogen (secondary N) is 1. The lowest BCUT2D eigenvalue weighted by Gasteiger charge is -2.16. The molecule has 0 unspecified atom stereocenters. The van der Waals surface area contributed by atoms with Crippen molar-refractivity contribution < 1.29 is 4.79 Å². The van der Waals surface area contributed by atoms with E-state index in [0.717, 1.165) is 16.9 Å². The molecule has 0 radical (unpaired) electrons. The number of benzene rings is 2. The van der Waals surface area contributed by atoms with E-state index in [1.165, 1.54) is 11.8 Å². The lowest BCUT2D eigenvalue weighted by atomic mass is 10.2. The molecule has 32 heavy (non-hydrogen) atoms. The fourth-order valence-electron chi connectivity index (χ4n) is 3.46. The zero-order chi connectivity index (χ0) is 22.8. The molecule has 7 nitrogen and oxygen atoms in total. The van der Waals surface area contributed by atoms with Gasteiger partial charge in [-0.15, -0.1) is 0 Å². The van der Waals surface area contributed by atoms with Crippen LogP contribution < -0.4 is 10.9 Å². The largest absolute Gasteiger partial charge is 0.310 e. The van der Waals surface area contributed by atoms with Gasteiger partial charge >= 0.3 is 0 Å². The van der Waals surface area contributed by atoms with Crippen molar-refractivity contribution in [1.82, 2.24) is 19.3 Å². The van der Waals surface area contributed by atoms with Crippen LogP contribution in [-0.2, 0) is 4.79 Å². The fourth-order valence-corrected chi connectivity index (χ4v) is 4.39. The third-order valence-electron chi connectivity index (χ3n) is 5.00. The van der Waals surface area contributed by atoms with E-state index in [2.05, 4.69) is 15.4 Å². The molecule has 0 saturated heterocycles. The molecule has 164 valence electrons. The average molecular weight is 448 g/mol. The Bertz CT molecular complexity index is 1340. The summed E-state index contributed by atoms with van der Waals surface area (Å²) >= 11 is 1.25. The average Bonchev–Trinajstić information content (AvgIpc) is 3.12. The van der Waals surface area contributed by atoms with E-state index in [1.54, 1.807) is 15.3 Å². The molecule has 0 saturated carbocycles. The number of carbonyl (C=O) groups excluding carboxylic acids is 1. The zero-order valence-corrected chi connectivity index (χ0v) is 19.3. The Morgan fingerprint density at radius 3 is 2.53 bits per heavy atom. The van der Waals surface area contributed by atoms with Crippen LogP contribution in [0.5, 0.6) is 0 Å². The summed E-state index contributed by atoms with van der Waals surface area (Å²) in [6, 6.07) is 17.0. The van der Waals surface area contributed by atoms with Gasteiger partial charge in [-0.3, -0.25) is 14.2 Å². The van der Waals surface area contributed by atoms with E-state index in [-0.39, 0.29) is 23.3 Å². The number of para-hydroxylation sites is 1. The molecule has 0 aliphatic rings. The van der Waals surface area contributed by atoms with Crippen molar-refractivity contribution in [2.45, 2.75) is 38.9 Å². The fraction of sp³-hybridized carbons (Fsp3) is 0.250. The van der Waals surface area contributed by atoms with E-state index in [1.807, 2.05) is 76.2 Å². The normalized spacial score (nSPS) is 11.3. The second kappa shape index (κ2) is 9.00. The van der Waals surface area contributed by atoms with Gasteiger partial charge in [0, 0.05) is 12.1 Å². The van der Waals surface area contributed by atoms with Gasteiger partial charge in [0.05, 0.1) is 28.0 Å². The predicted molar refractivity (Wildman–Crippen MR) is 129 cm³/mol.